The zero-order valence-corrected chi connectivity index (χ0v) is 19.7. The van der Waals surface area contributed by atoms with Crippen molar-refractivity contribution in [3.05, 3.63) is 40.4 Å². The molecule has 4 N–H and O–H groups in total. The number of sulfonamides is 1. The van der Waals surface area contributed by atoms with Gasteiger partial charge < -0.3 is 15.2 Å². The van der Waals surface area contributed by atoms with Crippen LogP contribution in [0.4, 0.5) is 11.9 Å². The summed E-state index contributed by atoms with van der Waals surface area (Å²) in [6.45, 7) is 2.40. The molecule has 1 aromatic carbocycles. The van der Waals surface area contributed by atoms with E-state index < -0.39 is 15.9 Å². The van der Waals surface area contributed by atoms with Crippen LogP contribution in [0.25, 0.3) is 10.9 Å². The van der Waals surface area contributed by atoms with E-state index in [0.29, 0.717) is 12.2 Å². The first-order chi connectivity index (χ1) is 16.1. The first-order valence-corrected chi connectivity index (χ1v) is 12.1. The van der Waals surface area contributed by atoms with Crippen LogP contribution < -0.4 is 30.8 Å². The molecule has 13 nitrogen and oxygen atoms in total. The van der Waals surface area contributed by atoms with Crippen LogP contribution in [-0.2, 0) is 16.6 Å². The van der Waals surface area contributed by atoms with Gasteiger partial charge in [-0.25, -0.2) is 28.1 Å². The third kappa shape index (κ3) is 5.77. The highest BCUT2D eigenvalue weighted by molar-refractivity contribution is 7.88. The maximum atomic E-state index is 13.1. The highest BCUT2D eigenvalue weighted by Crippen LogP contribution is 2.34. The summed E-state index contributed by atoms with van der Waals surface area (Å²) >= 11 is 0. The van der Waals surface area contributed by atoms with Gasteiger partial charge in [-0.05, 0) is 25.5 Å². The number of hydrogen-bond donors (Lipinski definition) is 3. The van der Waals surface area contributed by atoms with Gasteiger partial charge in [0.05, 0.1) is 30.9 Å². The zero-order valence-electron chi connectivity index (χ0n) is 18.9. The normalized spacial score (nSPS) is 11.4. The fourth-order valence-electron chi connectivity index (χ4n) is 3.08. The van der Waals surface area contributed by atoms with Gasteiger partial charge in [-0.2, -0.15) is 0 Å². The van der Waals surface area contributed by atoms with Crippen LogP contribution >= 0.6 is 0 Å². The van der Waals surface area contributed by atoms with Crippen LogP contribution in [0.15, 0.2) is 29.3 Å². The molecule has 0 radical (unpaired) electrons. The van der Waals surface area contributed by atoms with E-state index in [4.69, 9.17) is 15.2 Å². The Bertz CT molecular complexity index is 1360. The smallest absolute Gasteiger partial charge is 0.262 e. The number of fused-ring (bicyclic) bond motifs is 1. The maximum absolute atomic E-state index is 13.1. The molecule has 0 aliphatic heterocycles. The molecule has 0 aliphatic rings. The third-order valence-electron chi connectivity index (χ3n) is 4.67. The monoisotopic (exact) mass is 491 g/mol. The number of rotatable bonds is 10. The average Bonchev–Trinajstić information content (AvgIpc) is 2.78. The van der Waals surface area contributed by atoms with E-state index in [2.05, 4.69) is 25.0 Å². The number of amides is 1. The Balaban J connectivity index is 1.93. The second-order valence-corrected chi connectivity index (χ2v) is 8.96. The molecule has 1 amide bonds. The molecule has 0 spiro atoms. The molecular formula is C20H25N7O6S. The van der Waals surface area contributed by atoms with Crippen molar-refractivity contribution in [1.82, 2.24) is 24.2 Å². The van der Waals surface area contributed by atoms with Crippen molar-refractivity contribution in [1.29, 1.82) is 0 Å². The number of nitrogen functional groups attached to an aromatic ring is 1. The van der Waals surface area contributed by atoms with E-state index in [1.807, 2.05) is 0 Å². The van der Waals surface area contributed by atoms with Crippen molar-refractivity contribution in [2.24, 2.45) is 0 Å². The number of methoxy groups -OCH3 is 1. The standard InChI is InChI=1S/C20H25N7O6S/c1-4-27-18(29)13-6-7-14(33-9-5-8-24-34(3,30)31)16(32-2)15(13)25-20(27)26-17(28)12-10-22-19(21)23-11-12/h6-7,10-11,24H,4-5,8-9H2,1-3H3,(H2,21,22,23)(H,25,26,28). The molecule has 182 valence electrons. The largest absolute Gasteiger partial charge is 0.491 e. The van der Waals surface area contributed by atoms with Crippen LogP contribution in [0.3, 0.4) is 0 Å². The van der Waals surface area contributed by atoms with Crippen molar-refractivity contribution in [2.75, 3.05) is 37.6 Å². The minimum atomic E-state index is -3.29. The predicted octanol–water partition coefficient (Wildman–Crippen LogP) is 0.368. The van der Waals surface area contributed by atoms with Crippen LogP contribution in [0, 0.1) is 0 Å². The summed E-state index contributed by atoms with van der Waals surface area (Å²) in [5.41, 5.74) is 5.42. The summed E-state index contributed by atoms with van der Waals surface area (Å²) in [5.74, 6) is -0.0111. The Labute approximate surface area is 195 Å². The maximum Gasteiger partial charge on any atom is 0.262 e. The number of carbonyl (C=O) groups is 1. The first kappa shape index (κ1) is 24.9. The highest BCUT2D eigenvalue weighted by atomic mass is 32.2. The molecule has 0 unspecified atom stereocenters. The lowest BCUT2D eigenvalue weighted by Gasteiger charge is -2.16. The summed E-state index contributed by atoms with van der Waals surface area (Å²) in [7, 11) is -1.88. The lowest BCUT2D eigenvalue weighted by molar-refractivity contribution is 0.102. The van der Waals surface area contributed by atoms with E-state index in [9.17, 15) is 18.0 Å². The van der Waals surface area contributed by atoms with Crippen LogP contribution in [0.2, 0.25) is 0 Å². The second kappa shape index (κ2) is 10.4. The van der Waals surface area contributed by atoms with Gasteiger partial charge in [-0.3, -0.25) is 19.5 Å². The van der Waals surface area contributed by atoms with Crippen LogP contribution in [-0.4, -0.2) is 60.4 Å². The number of anilines is 2. The summed E-state index contributed by atoms with van der Waals surface area (Å²) in [4.78, 5) is 37.8. The number of ether oxygens (including phenoxy) is 2. The summed E-state index contributed by atoms with van der Waals surface area (Å²) in [6, 6.07) is 3.14. The molecule has 2 aromatic heterocycles. The van der Waals surface area contributed by atoms with Crippen LogP contribution in [0.5, 0.6) is 11.5 Å². The van der Waals surface area contributed by atoms with E-state index in [0.717, 1.165) is 6.26 Å². The average molecular weight is 492 g/mol. The van der Waals surface area contributed by atoms with Crippen molar-refractivity contribution >= 4 is 38.7 Å². The fraction of sp³-hybridized carbons (Fsp3) is 0.350. The minimum Gasteiger partial charge on any atom is -0.491 e. The molecule has 0 saturated carbocycles. The van der Waals surface area contributed by atoms with Crippen molar-refractivity contribution in [2.45, 2.75) is 19.9 Å². The van der Waals surface area contributed by atoms with Gasteiger partial charge in [0.1, 0.15) is 5.52 Å². The van der Waals surface area contributed by atoms with Gasteiger partial charge in [0.15, 0.2) is 11.5 Å². The second-order valence-electron chi connectivity index (χ2n) is 7.13. The Morgan fingerprint density at radius 1 is 1.24 bits per heavy atom. The van der Waals surface area contributed by atoms with Crippen molar-refractivity contribution in [3.63, 3.8) is 0 Å². The third-order valence-corrected chi connectivity index (χ3v) is 5.40. The lowest BCUT2D eigenvalue weighted by Crippen LogP contribution is -2.27. The number of benzene rings is 1. The van der Waals surface area contributed by atoms with Gasteiger partial charge in [0.2, 0.25) is 21.9 Å². The number of nitrogens with zero attached hydrogens (tertiary/aromatic N) is 4. The molecule has 0 bridgehead atoms. The topological polar surface area (TPSA) is 180 Å². The van der Waals surface area contributed by atoms with Gasteiger partial charge in [0.25, 0.3) is 11.5 Å². The minimum absolute atomic E-state index is 0.00891. The fourth-order valence-corrected chi connectivity index (χ4v) is 3.60. The van der Waals surface area contributed by atoms with Gasteiger partial charge in [-0.1, -0.05) is 0 Å². The zero-order chi connectivity index (χ0) is 24.9. The van der Waals surface area contributed by atoms with Gasteiger partial charge in [-0.15, -0.1) is 0 Å². The lowest BCUT2D eigenvalue weighted by atomic mass is 10.2. The van der Waals surface area contributed by atoms with E-state index in [-0.39, 0.29) is 59.4 Å². The summed E-state index contributed by atoms with van der Waals surface area (Å²) < 4.78 is 37.2. The molecular weight excluding hydrogens is 466 g/mol. The highest BCUT2D eigenvalue weighted by Gasteiger charge is 2.19. The molecule has 34 heavy (non-hydrogen) atoms. The van der Waals surface area contributed by atoms with Crippen molar-refractivity contribution in [3.8, 4) is 11.5 Å². The molecule has 14 heteroatoms. The SMILES string of the molecule is CCn1c(NC(=O)c2cnc(N)nc2)nc2c(OC)c(OCCCNS(C)(=O)=O)ccc2c1=O. The Morgan fingerprint density at radius 3 is 2.56 bits per heavy atom. The molecule has 0 aliphatic carbocycles. The number of carbonyl (C=O) groups excluding carboxylic acids is 1. The molecule has 0 saturated heterocycles. The number of aromatic nitrogens is 4. The Kier molecular flexibility index (Phi) is 7.63. The predicted molar refractivity (Wildman–Crippen MR) is 126 cm³/mol. The first-order valence-electron chi connectivity index (χ1n) is 10.2. The Morgan fingerprint density at radius 2 is 1.94 bits per heavy atom. The quantitative estimate of drug-likeness (QED) is 0.335. The molecule has 3 aromatic rings. The van der Waals surface area contributed by atoms with Crippen molar-refractivity contribution < 1.29 is 22.7 Å². The number of hydrogen-bond acceptors (Lipinski definition) is 10. The van der Waals surface area contributed by atoms with Gasteiger partial charge in [0, 0.05) is 25.5 Å². The number of nitrogens with two attached hydrogens (primary N) is 1. The molecule has 2 heterocycles. The number of nitrogens with one attached hydrogen (secondary N) is 2. The summed E-state index contributed by atoms with van der Waals surface area (Å²) in [5, 5.41) is 2.88. The molecule has 0 fully saturated rings. The van der Waals surface area contributed by atoms with E-state index in [1.165, 1.54) is 24.1 Å². The Hall–Kier alpha value is -3.78. The van der Waals surface area contributed by atoms with E-state index in [1.54, 1.807) is 19.1 Å². The van der Waals surface area contributed by atoms with Gasteiger partial charge >= 0.3 is 0 Å². The van der Waals surface area contributed by atoms with Crippen LogP contribution in [0.1, 0.15) is 23.7 Å². The summed E-state index contributed by atoms with van der Waals surface area (Å²) in [6.07, 6.45) is 4.01. The molecule has 3 rings (SSSR count). The van der Waals surface area contributed by atoms with E-state index >= 15 is 0 Å². The molecule has 0 atom stereocenters.